The van der Waals surface area contributed by atoms with Gasteiger partial charge in [-0.05, 0) is 31.0 Å². The summed E-state index contributed by atoms with van der Waals surface area (Å²) in [6.07, 6.45) is -2.94. The number of ether oxygens (including phenoxy) is 1. The predicted molar refractivity (Wildman–Crippen MR) is 61.5 cm³/mol. The highest BCUT2D eigenvalue weighted by Gasteiger charge is 2.32. The Morgan fingerprint density at radius 2 is 1.89 bits per heavy atom. The summed E-state index contributed by atoms with van der Waals surface area (Å²) in [7, 11) is 0. The average Bonchev–Trinajstić information content (AvgIpc) is 2.80. The number of alkyl halides is 3. The zero-order valence-corrected chi connectivity index (χ0v) is 9.91. The van der Waals surface area contributed by atoms with Crippen LogP contribution in [0.3, 0.4) is 0 Å². The van der Waals surface area contributed by atoms with Crippen LogP contribution in [-0.2, 0) is 0 Å². The number of benzene rings is 1. The van der Waals surface area contributed by atoms with Crippen molar-refractivity contribution in [3.8, 4) is 5.75 Å². The fourth-order valence-electron chi connectivity index (χ4n) is 2.12. The minimum absolute atomic E-state index is 0.177. The number of hydrogen-bond acceptors (Lipinski definition) is 3. The standard InChI is InChI=1S/C12H12F3NO3/c13-12(14,15)19-8-3-4-10(9(7-8)11(17)18)16-5-1-2-6-16/h3-4,7H,1-2,5-6H2,(H,17,18). The van der Waals surface area contributed by atoms with Crippen LogP contribution in [0.5, 0.6) is 5.75 Å². The van der Waals surface area contributed by atoms with Gasteiger partial charge in [0.1, 0.15) is 5.75 Å². The zero-order chi connectivity index (χ0) is 14.0. The smallest absolute Gasteiger partial charge is 0.478 e. The summed E-state index contributed by atoms with van der Waals surface area (Å²) in [5.74, 6) is -1.79. The Kier molecular flexibility index (Phi) is 3.55. The molecule has 4 nitrogen and oxygen atoms in total. The van der Waals surface area contributed by atoms with Gasteiger partial charge in [0, 0.05) is 13.1 Å². The lowest BCUT2D eigenvalue weighted by atomic mass is 10.1. The number of hydrogen-bond donors (Lipinski definition) is 1. The Hall–Kier alpha value is -1.92. The molecule has 0 spiro atoms. The van der Waals surface area contributed by atoms with Crippen LogP contribution < -0.4 is 9.64 Å². The van der Waals surface area contributed by atoms with Gasteiger partial charge in [-0.25, -0.2) is 4.79 Å². The van der Waals surface area contributed by atoms with Crippen LogP contribution in [0.1, 0.15) is 23.2 Å². The maximum atomic E-state index is 12.1. The molecular formula is C12H12F3NO3. The Labute approximate surface area is 107 Å². The van der Waals surface area contributed by atoms with E-state index in [1.54, 1.807) is 0 Å². The van der Waals surface area contributed by atoms with Crippen LogP contribution in [0.2, 0.25) is 0 Å². The normalized spacial score (nSPS) is 15.6. The molecule has 1 aliphatic heterocycles. The van der Waals surface area contributed by atoms with Crippen molar-refractivity contribution < 1.29 is 27.8 Å². The summed E-state index contributed by atoms with van der Waals surface area (Å²) < 4.78 is 40.0. The molecule has 0 aromatic heterocycles. The minimum atomic E-state index is -4.83. The fraction of sp³-hybridized carbons (Fsp3) is 0.417. The van der Waals surface area contributed by atoms with Crippen molar-refractivity contribution >= 4 is 11.7 Å². The van der Waals surface area contributed by atoms with Crippen LogP contribution in [0.4, 0.5) is 18.9 Å². The monoisotopic (exact) mass is 275 g/mol. The zero-order valence-electron chi connectivity index (χ0n) is 9.91. The van der Waals surface area contributed by atoms with E-state index in [0.717, 1.165) is 25.0 Å². The van der Waals surface area contributed by atoms with Gasteiger partial charge in [0.05, 0.1) is 11.3 Å². The number of carboxylic acid groups (broad SMARTS) is 1. The summed E-state index contributed by atoms with van der Waals surface area (Å²) in [4.78, 5) is 13.0. The number of rotatable bonds is 3. The first-order valence-electron chi connectivity index (χ1n) is 5.75. The van der Waals surface area contributed by atoms with Gasteiger partial charge in [0.25, 0.3) is 0 Å². The number of anilines is 1. The molecule has 0 aliphatic carbocycles. The quantitative estimate of drug-likeness (QED) is 0.921. The van der Waals surface area contributed by atoms with Crippen molar-refractivity contribution in [2.24, 2.45) is 0 Å². The molecule has 0 radical (unpaired) electrons. The van der Waals surface area contributed by atoms with E-state index in [1.165, 1.54) is 6.07 Å². The maximum absolute atomic E-state index is 12.1. The van der Waals surface area contributed by atoms with Crippen molar-refractivity contribution in [2.45, 2.75) is 19.2 Å². The second kappa shape index (κ2) is 4.99. The fourth-order valence-corrected chi connectivity index (χ4v) is 2.12. The van der Waals surface area contributed by atoms with Crippen molar-refractivity contribution in [1.29, 1.82) is 0 Å². The van der Waals surface area contributed by atoms with Gasteiger partial charge in [0.15, 0.2) is 0 Å². The molecule has 19 heavy (non-hydrogen) atoms. The average molecular weight is 275 g/mol. The highest BCUT2D eigenvalue weighted by Crippen LogP contribution is 2.30. The van der Waals surface area contributed by atoms with Gasteiger partial charge in [-0.1, -0.05) is 0 Å². The summed E-state index contributed by atoms with van der Waals surface area (Å²) in [6, 6.07) is 3.40. The molecule has 2 rings (SSSR count). The van der Waals surface area contributed by atoms with Crippen LogP contribution in [0.15, 0.2) is 18.2 Å². The lowest BCUT2D eigenvalue weighted by Crippen LogP contribution is -2.21. The third kappa shape index (κ3) is 3.30. The molecule has 7 heteroatoms. The van der Waals surface area contributed by atoms with Crippen molar-refractivity contribution in [2.75, 3.05) is 18.0 Å². The summed E-state index contributed by atoms with van der Waals surface area (Å²) in [6.45, 7) is 1.42. The summed E-state index contributed by atoms with van der Waals surface area (Å²) in [5, 5.41) is 9.09. The van der Waals surface area contributed by atoms with E-state index in [1.807, 2.05) is 4.90 Å². The first kappa shape index (κ1) is 13.5. The number of aromatic carboxylic acids is 1. The molecule has 0 amide bonds. The SMILES string of the molecule is O=C(O)c1cc(OC(F)(F)F)ccc1N1CCCC1. The highest BCUT2D eigenvalue weighted by molar-refractivity contribution is 5.95. The molecular weight excluding hydrogens is 263 g/mol. The van der Waals surface area contributed by atoms with E-state index in [2.05, 4.69) is 4.74 Å². The van der Waals surface area contributed by atoms with Crippen LogP contribution in [0, 0.1) is 0 Å². The van der Waals surface area contributed by atoms with Gasteiger partial charge in [-0.3, -0.25) is 0 Å². The van der Waals surface area contributed by atoms with Gasteiger partial charge in [-0.15, -0.1) is 13.2 Å². The molecule has 0 unspecified atom stereocenters. The molecule has 1 aromatic rings. The van der Waals surface area contributed by atoms with E-state index in [-0.39, 0.29) is 5.56 Å². The molecule has 0 bridgehead atoms. The Balaban J connectivity index is 2.32. The third-order valence-corrected chi connectivity index (χ3v) is 2.88. The summed E-state index contributed by atoms with van der Waals surface area (Å²) in [5.41, 5.74) is 0.253. The van der Waals surface area contributed by atoms with E-state index < -0.39 is 18.1 Å². The van der Waals surface area contributed by atoms with Crippen molar-refractivity contribution in [1.82, 2.24) is 0 Å². The minimum Gasteiger partial charge on any atom is -0.478 e. The van der Waals surface area contributed by atoms with Crippen molar-refractivity contribution in [3.05, 3.63) is 23.8 Å². The van der Waals surface area contributed by atoms with Gasteiger partial charge < -0.3 is 14.7 Å². The predicted octanol–water partition coefficient (Wildman–Crippen LogP) is 2.88. The van der Waals surface area contributed by atoms with Gasteiger partial charge in [0.2, 0.25) is 0 Å². The highest BCUT2D eigenvalue weighted by atomic mass is 19.4. The van der Waals surface area contributed by atoms with E-state index in [9.17, 15) is 18.0 Å². The lowest BCUT2D eigenvalue weighted by Gasteiger charge is -2.20. The lowest BCUT2D eigenvalue weighted by molar-refractivity contribution is -0.274. The number of halogens is 3. The molecule has 1 heterocycles. The molecule has 0 saturated carbocycles. The van der Waals surface area contributed by atoms with E-state index in [4.69, 9.17) is 5.11 Å². The summed E-state index contributed by atoms with van der Waals surface area (Å²) >= 11 is 0. The number of nitrogens with zero attached hydrogens (tertiary/aromatic N) is 1. The molecule has 1 N–H and O–H groups in total. The molecule has 1 aromatic carbocycles. The van der Waals surface area contributed by atoms with Crippen LogP contribution in [-0.4, -0.2) is 30.5 Å². The number of carbonyl (C=O) groups is 1. The Bertz CT molecular complexity index is 482. The maximum Gasteiger partial charge on any atom is 0.573 e. The molecule has 104 valence electrons. The van der Waals surface area contributed by atoms with Crippen molar-refractivity contribution in [3.63, 3.8) is 0 Å². The first-order chi connectivity index (χ1) is 8.87. The van der Waals surface area contributed by atoms with E-state index >= 15 is 0 Å². The molecule has 1 saturated heterocycles. The van der Waals surface area contributed by atoms with Gasteiger partial charge in [-0.2, -0.15) is 0 Å². The van der Waals surface area contributed by atoms with E-state index in [0.29, 0.717) is 18.8 Å². The topological polar surface area (TPSA) is 49.8 Å². The Morgan fingerprint density at radius 1 is 1.26 bits per heavy atom. The molecule has 1 aliphatic rings. The second-order valence-electron chi connectivity index (χ2n) is 4.23. The first-order valence-corrected chi connectivity index (χ1v) is 5.75. The number of carboxylic acids is 1. The molecule has 0 atom stereocenters. The van der Waals surface area contributed by atoms with Gasteiger partial charge >= 0.3 is 12.3 Å². The largest absolute Gasteiger partial charge is 0.573 e. The molecule has 1 fully saturated rings. The van der Waals surface area contributed by atoms with Crippen LogP contribution >= 0.6 is 0 Å². The third-order valence-electron chi connectivity index (χ3n) is 2.88. The second-order valence-corrected chi connectivity index (χ2v) is 4.23. The van der Waals surface area contributed by atoms with Crippen LogP contribution in [0.25, 0.3) is 0 Å². The Morgan fingerprint density at radius 3 is 2.42 bits per heavy atom.